The molecule has 0 aliphatic carbocycles. The van der Waals surface area contributed by atoms with Gasteiger partial charge in [0.2, 0.25) is 0 Å². The van der Waals surface area contributed by atoms with Crippen LogP contribution in [0.4, 0.5) is 8.78 Å². The van der Waals surface area contributed by atoms with Gasteiger partial charge in [-0.2, -0.15) is 8.78 Å². The molecule has 0 radical (unpaired) electrons. The summed E-state index contributed by atoms with van der Waals surface area (Å²) in [5.41, 5.74) is 0.905. The van der Waals surface area contributed by atoms with E-state index in [0.29, 0.717) is 11.0 Å². The number of aromatic amines is 1. The number of fused-ring (bicyclic) bond motifs is 1. The van der Waals surface area contributed by atoms with Crippen LogP contribution in [-0.2, 0) is 0 Å². The quantitative estimate of drug-likeness (QED) is 0.842. The lowest BCUT2D eigenvalue weighted by molar-refractivity contribution is -0.0488. The average Bonchev–Trinajstić information content (AvgIpc) is 2.57. The van der Waals surface area contributed by atoms with Gasteiger partial charge in [0.1, 0.15) is 5.52 Å². The van der Waals surface area contributed by atoms with Gasteiger partial charge in [0.25, 0.3) is 0 Å². The summed E-state index contributed by atoms with van der Waals surface area (Å²) in [4.78, 5) is 6.60. The van der Waals surface area contributed by atoms with Gasteiger partial charge >= 0.3 is 6.61 Å². The van der Waals surface area contributed by atoms with Gasteiger partial charge in [-0.15, -0.1) is 0 Å². The molecule has 3 nitrogen and oxygen atoms in total. The lowest BCUT2D eigenvalue weighted by Crippen LogP contribution is -2.02. The van der Waals surface area contributed by atoms with E-state index in [2.05, 4.69) is 14.7 Å². The Kier molecular flexibility index (Phi) is 2.25. The van der Waals surface area contributed by atoms with Gasteiger partial charge in [-0.1, -0.05) is 11.6 Å². The number of H-pyrrole nitrogens is 1. The Labute approximate surface area is 82.7 Å². The Balaban J connectivity index is 2.58. The third-order valence-electron chi connectivity index (χ3n) is 1.70. The molecule has 1 N–H and O–H groups in total. The van der Waals surface area contributed by atoms with E-state index in [0.717, 1.165) is 0 Å². The van der Waals surface area contributed by atoms with E-state index in [4.69, 9.17) is 11.6 Å². The highest BCUT2D eigenvalue weighted by Crippen LogP contribution is 2.32. The highest BCUT2D eigenvalue weighted by atomic mass is 35.5. The average molecular weight is 219 g/mol. The lowest BCUT2D eigenvalue weighted by Gasteiger charge is -2.06. The summed E-state index contributed by atoms with van der Waals surface area (Å²) in [5, 5.41) is 0.116. The topological polar surface area (TPSA) is 37.9 Å². The highest BCUT2D eigenvalue weighted by molar-refractivity contribution is 6.33. The maximum atomic E-state index is 12.0. The summed E-state index contributed by atoms with van der Waals surface area (Å²) < 4.78 is 28.3. The first-order chi connectivity index (χ1) is 6.68. The van der Waals surface area contributed by atoms with E-state index in [9.17, 15) is 8.78 Å². The normalized spacial score (nSPS) is 11.1. The summed E-state index contributed by atoms with van der Waals surface area (Å²) in [6.45, 7) is -2.91. The predicted molar refractivity (Wildman–Crippen MR) is 47.7 cm³/mol. The fraction of sp³-hybridized carbons (Fsp3) is 0.125. The Morgan fingerprint density at radius 1 is 1.43 bits per heavy atom. The molecule has 6 heteroatoms. The van der Waals surface area contributed by atoms with E-state index in [1.54, 1.807) is 6.07 Å². The molecule has 0 atom stereocenters. The highest BCUT2D eigenvalue weighted by Gasteiger charge is 2.13. The maximum absolute atomic E-state index is 12.0. The number of hydrogen-bond acceptors (Lipinski definition) is 2. The second-order valence-corrected chi connectivity index (χ2v) is 2.96. The van der Waals surface area contributed by atoms with Gasteiger partial charge in [0.15, 0.2) is 5.75 Å². The van der Waals surface area contributed by atoms with Crippen molar-refractivity contribution in [1.82, 2.24) is 9.97 Å². The molecule has 1 aromatic heterocycles. The zero-order valence-corrected chi connectivity index (χ0v) is 7.55. The van der Waals surface area contributed by atoms with Gasteiger partial charge in [-0.3, -0.25) is 0 Å². The Hall–Kier alpha value is -1.36. The van der Waals surface area contributed by atoms with Crippen LogP contribution >= 0.6 is 11.6 Å². The van der Waals surface area contributed by atoms with Crippen molar-refractivity contribution in [3.05, 3.63) is 23.5 Å². The van der Waals surface area contributed by atoms with Crippen molar-refractivity contribution in [2.24, 2.45) is 0 Å². The summed E-state index contributed by atoms with van der Waals surface area (Å²) in [7, 11) is 0. The minimum absolute atomic E-state index is 0.0968. The molecule has 14 heavy (non-hydrogen) atoms. The van der Waals surface area contributed by atoms with E-state index < -0.39 is 6.61 Å². The van der Waals surface area contributed by atoms with Crippen LogP contribution in [0.15, 0.2) is 18.5 Å². The summed E-state index contributed by atoms with van der Waals surface area (Å²) in [6, 6.07) is 3.11. The third-order valence-corrected chi connectivity index (χ3v) is 2.00. The number of alkyl halides is 2. The molecular formula is C8H5ClF2N2O. The summed E-state index contributed by atoms with van der Waals surface area (Å²) in [5.74, 6) is -0.0968. The van der Waals surface area contributed by atoms with Crippen molar-refractivity contribution in [3.8, 4) is 5.75 Å². The Bertz CT molecular complexity index is 458. The molecule has 0 spiro atoms. The first kappa shape index (κ1) is 9.21. The summed E-state index contributed by atoms with van der Waals surface area (Å²) >= 11 is 5.69. The Morgan fingerprint density at radius 3 is 2.93 bits per heavy atom. The first-order valence-electron chi connectivity index (χ1n) is 3.75. The van der Waals surface area contributed by atoms with Crippen LogP contribution < -0.4 is 4.74 Å². The number of hydrogen-bond donors (Lipinski definition) is 1. The van der Waals surface area contributed by atoms with Gasteiger partial charge < -0.3 is 9.72 Å². The monoisotopic (exact) mass is 218 g/mol. The van der Waals surface area contributed by atoms with E-state index in [1.165, 1.54) is 12.4 Å². The standard InChI is InChI=1S/C8H5ClF2N2O/c9-4-1-2-5-6(13-3-12-5)7(4)14-8(10)11/h1-3,8H,(H,12,13). The number of aromatic nitrogens is 2. The minimum Gasteiger partial charge on any atom is -0.431 e. The zero-order chi connectivity index (χ0) is 10.1. The fourth-order valence-corrected chi connectivity index (χ4v) is 1.36. The Morgan fingerprint density at radius 2 is 2.21 bits per heavy atom. The van der Waals surface area contributed by atoms with Crippen LogP contribution in [0.5, 0.6) is 5.75 Å². The van der Waals surface area contributed by atoms with Crippen molar-refractivity contribution in [2.75, 3.05) is 0 Å². The minimum atomic E-state index is -2.91. The molecule has 0 saturated carbocycles. The van der Waals surface area contributed by atoms with Crippen LogP contribution in [0.2, 0.25) is 5.02 Å². The molecule has 2 rings (SSSR count). The van der Waals surface area contributed by atoms with Crippen LogP contribution in [0, 0.1) is 0 Å². The van der Waals surface area contributed by atoms with Crippen molar-refractivity contribution in [3.63, 3.8) is 0 Å². The van der Waals surface area contributed by atoms with E-state index in [1.807, 2.05) is 0 Å². The molecule has 0 unspecified atom stereocenters. The second-order valence-electron chi connectivity index (χ2n) is 2.55. The molecule has 0 saturated heterocycles. The number of rotatable bonds is 2. The molecule has 1 aromatic carbocycles. The van der Waals surface area contributed by atoms with Crippen LogP contribution in [0.1, 0.15) is 0 Å². The number of halogens is 3. The van der Waals surface area contributed by atoms with Crippen LogP contribution in [0.25, 0.3) is 11.0 Å². The third kappa shape index (κ3) is 1.50. The molecule has 0 aliphatic heterocycles. The van der Waals surface area contributed by atoms with Gasteiger partial charge in [0.05, 0.1) is 16.9 Å². The smallest absolute Gasteiger partial charge is 0.387 e. The van der Waals surface area contributed by atoms with Crippen molar-refractivity contribution >= 4 is 22.6 Å². The number of nitrogens with zero attached hydrogens (tertiary/aromatic N) is 1. The SMILES string of the molecule is FC(F)Oc1c(Cl)ccc2[nH]cnc12. The van der Waals surface area contributed by atoms with Gasteiger partial charge in [-0.05, 0) is 12.1 Å². The zero-order valence-electron chi connectivity index (χ0n) is 6.80. The molecule has 0 bridgehead atoms. The number of ether oxygens (including phenoxy) is 1. The molecular weight excluding hydrogens is 214 g/mol. The van der Waals surface area contributed by atoms with Crippen molar-refractivity contribution in [1.29, 1.82) is 0 Å². The van der Waals surface area contributed by atoms with Crippen molar-refractivity contribution < 1.29 is 13.5 Å². The molecule has 74 valence electrons. The number of benzene rings is 1. The number of imidazole rings is 1. The fourth-order valence-electron chi connectivity index (χ4n) is 1.16. The summed E-state index contributed by atoms with van der Waals surface area (Å²) in [6.07, 6.45) is 1.39. The van der Waals surface area contributed by atoms with Crippen molar-refractivity contribution in [2.45, 2.75) is 6.61 Å². The largest absolute Gasteiger partial charge is 0.431 e. The lowest BCUT2D eigenvalue weighted by atomic mass is 10.3. The molecule has 2 aromatic rings. The van der Waals surface area contributed by atoms with Crippen LogP contribution in [0.3, 0.4) is 0 Å². The predicted octanol–water partition coefficient (Wildman–Crippen LogP) is 2.82. The van der Waals surface area contributed by atoms with Gasteiger partial charge in [0, 0.05) is 0 Å². The molecule has 1 heterocycles. The first-order valence-corrected chi connectivity index (χ1v) is 4.12. The molecule has 0 amide bonds. The number of nitrogens with one attached hydrogen (secondary N) is 1. The van der Waals surface area contributed by atoms with Gasteiger partial charge in [-0.25, -0.2) is 4.98 Å². The van der Waals surface area contributed by atoms with E-state index >= 15 is 0 Å². The van der Waals surface area contributed by atoms with Crippen LogP contribution in [-0.4, -0.2) is 16.6 Å². The maximum Gasteiger partial charge on any atom is 0.387 e. The van der Waals surface area contributed by atoms with E-state index in [-0.39, 0.29) is 10.8 Å². The molecule has 0 fully saturated rings. The molecule has 0 aliphatic rings. The second kappa shape index (κ2) is 3.42.